The van der Waals surface area contributed by atoms with Crippen LogP contribution in [0.15, 0.2) is 66.7 Å². The Balaban J connectivity index is 0.000000367. The molecule has 0 atom stereocenters. The zero-order valence-electron chi connectivity index (χ0n) is 17.0. The minimum atomic E-state index is -0.860. The maximum Gasteiger partial charge on any atom is 0.262 e. The van der Waals surface area contributed by atoms with Crippen LogP contribution in [0, 0.1) is 0 Å². The average molecular weight is 425 g/mol. The molecule has 1 aliphatic rings. The fraction of sp³-hybridized carbons (Fsp3) is 0.333. The zero-order valence-corrected chi connectivity index (χ0v) is 17.8. The van der Waals surface area contributed by atoms with E-state index in [1.54, 1.807) is 0 Å². The van der Waals surface area contributed by atoms with E-state index < -0.39 is 5.54 Å². The molecule has 1 saturated carbocycles. The number of benzene rings is 2. The molecule has 1 aromatic heterocycles. The Morgan fingerprint density at radius 1 is 0.933 bits per heavy atom. The van der Waals surface area contributed by atoms with Gasteiger partial charge >= 0.3 is 0 Å². The molecule has 0 unspecified atom stereocenters. The first-order valence-electron chi connectivity index (χ1n) is 10.3. The Kier molecular flexibility index (Phi) is 7.99. The van der Waals surface area contributed by atoms with Gasteiger partial charge in [0.2, 0.25) is 5.91 Å². The number of carbonyl (C=O) groups is 2. The van der Waals surface area contributed by atoms with Crippen molar-refractivity contribution in [2.75, 3.05) is 13.2 Å². The second-order valence-corrected chi connectivity index (χ2v) is 8.46. The van der Waals surface area contributed by atoms with E-state index in [0.29, 0.717) is 17.7 Å². The van der Waals surface area contributed by atoms with Gasteiger partial charge < -0.3 is 15.7 Å². The van der Waals surface area contributed by atoms with Gasteiger partial charge in [-0.05, 0) is 30.4 Å². The summed E-state index contributed by atoms with van der Waals surface area (Å²) in [7, 11) is 0. The first-order valence-corrected chi connectivity index (χ1v) is 11.2. The largest absolute Gasteiger partial charge is 0.395 e. The lowest BCUT2D eigenvalue weighted by molar-refractivity contribution is -0.128. The number of aliphatic hydroxyl groups excluding tert-OH is 1. The second kappa shape index (κ2) is 10.9. The third kappa shape index (κ3) is 5.68. The quantitative estimate of drug-likeness (QED) is 0.576. The summed E-state index contributed by atoms with van der Waals surface area (Å²) in [6.45, 7) is 0.103. The Hall–Kier alpha value is -2.70. The Morgan fingerprint density at radius 2 is 1.57 bits per heavy atom. The van der Waals surface area contributed by atoms with Crippen LogP contribution in [-0.4, -0.2) is 35.6 Å². The molecule has 1 aliphatic carbocycles. The van der Waals surface area contributed by atoms with Gasteiger partial charge in [-0.25, -0.2) is 0 Å². The molecule has 0 aliphatic heterocycles. The van der Waals surface area contributed by atoms with E-state index in [-0.39, 0.29) is 25.0 Å². The topological polar surface area (TPSA) is 78.4 Å². The van der Waals surface area contributed by atoms with E-state index in [2.05, 4.69) is 10.6 Å². The molecule has 0 spiro atoms. The Labute approximate surface area is 181 Å². The molecular weight excluding hydrogens is 396 g/mol. The summed E-state index contributed by atoms with van der Waals surface area (Å²) in [4.78, 5) is 25.9. The van der Waals surface area contributed by atoms with Gasteiger partial charge in [-0.3, -0.25) is 9.59 Å². The van der Waals surface area contributed by atoms with Crippen molar-refractivity contribution in [2.24, 2.45) is 0 Å². The highest BCUT2D eigenvalue weighted by atomic mass is 32.1. The Bertz CT molecular complexity index is 890. The smallest absolute Gasteiger partial charge is 0.262 e. The number of nitrogens with one attached hydrogen (secondary N) is 2. The summed E-state index contributed by atoms with van der Waals surface area (Å²) >= 11 is 1.44. The molecular formula is C24H28N2O3S. The number of hydrogen-bond donors (Lipinski definition) is 3. The van der Waals surface area contributed by atoms with Crippen molar-refractivity contribution < 1.29 is 14.7 Å². The SMILES string of the molecule is O=C(NC1(C(=O)NCCO)CCCCC1)c1cc2ccccc2s1.c1ccccc1. The van der Waals surface area contributed by atoms with E-state index in [9.17, 15) is 9.59 Å². The average Bonchev–Trinajstić information content (AvgIpc) is 3.24. The maximum atomic E-state index is 12.7. The number of amides is 2. The van der Waals surface area contributed by atoms with Gasteiger partial charge in [-0.15, -0.1) is 11.3 Å². The molecule has 4 rings (SSSR count). The zero-order chi connectivity index (χ0) is 21.2. The van der Waals surface area contributed by atoms with Crippen LogP contribution in [0.5, 0.6) is 0 Å². The third-order valence-corrected chi connectivity index (χ3v) is 6.32. The molecule has 30 heavy (non-hydrogen) atoms. The molecule has 0 radical (unpaired) electrons. The second-order valence-electron chi connectivity index (χ2n) is 7.38. The summed E-state index contributed by atoms with van der Waals surface area (Å²) in [6.07, 6.45) is 4.19. The molecule has 3 N–H and O–H groups in total. The molecule has 1 heterocycles. The first kappa shape index (κ1) is 22.0. The third-order valence-electron chi connectivity index (χ3n) is 5.21. The van der Waals surface area contributed by atoms with Crippen molar-refractivity contribution >= 4 is 33.2 Å². The fourth-order valence-corrected chi connectivity index (χ4v) is 4.62. The van der Waals surface area contributed by atoms with E-state index in [1.807, 2.05) is 66.7 Å². The van der Waals surface area contributed by atoms with Gasteiger partial charge in [0.25, 0.3) is 5.91 Å². The van der Waals surface area contributed by atoms with Crippen LogP contribution in [0.1, 0.15) is 41.8 Å². The standard InChI is InChI=1S/C18H22N2O3S.C6H6/c21-11-10-19-17(23)18(8-4-1-5-9-18)20-16(22)15-12-13-6-2-3-7-14(13)24-15;1-2-4-6-5-3-1/h2-3,6-7,12,21H,1,4-5,8-11H2,(H,19,23)(H,20,22);1-6H. The lowest BCUT2D eigenvalue weighted by atomic mass is 9.80. The van der Waals surface area contributed by atoms with Gasteiger partial charge in [-0.2, -0.15) is 0 Å². The van der Waals surface area contributed by atoms with E-state index in [0.717, 1.165) is 29.3 Å². The number of carbonyl (C=O) groups excluding carboxylic acids is 2. The minimum Gasteiger partial charge on any atom is -0.395 e. The molecule has 0 bridgehead atoms. The highest BCUT2D eigenvalue weighted by Gasteiger charge is 2.41. The normalized spacial score (nSPS) is 15.0. The van der Waals surface area contributed by atoms with Gasteiger partial charge in [0.15, 0.2) is 0 Å². The van der Waals surface area contributed by atoms with Crippen molar-refractivity contribution in [1.29, 1.82) is 0 Å². The van der Waals surface area contributed by atoms with Crippen LogP contribution in [0.3, 0.4) is 0 Å². The van der Waals surface area contributed by atoms with Gasteiger partial charge in [-0.1, -0.05) is 73.9 Å². The van der Waals surface area contributed by atoms with Crippen LogP contribution in [0.2, 0.25) is 0 Å². The molecule has 6 heteroatoms. The van der Waals surface area contributed by atoms with Crippen molar-refractivity contribution in [3.63, 3.8) is 0 Å². The number of aliphatic hydroxyl groups is 1. The Morgan fingerprint density at radius 3 is 2.17 bits per heavy atom. The van der Waals surface area contributed by atoms with Crippen molar-refractivity contribution in [3.8, 4) is 0 Å². The minimum absolute atomic E-state index is 0.105. The molecule has 2 amide bonds. The van der Waals surface area contributed by atoms with Crippen molar-refractivity contribution in [2.45, 2.75) is 37.6 Å². The number of rotatable bonds is 5. The van der Waals surface area contributed by atoms with E-state index >= 15 is 0 Å². The molecule has 0 saturated heterocycles. The van der Waals surface area contributed by atoms with E-state index in [1.165, 1.54) is 11.3 Å². The summed E-state index contributed by atoms with van der Waals surface area (Å²) in [5, 5.41) is 15.7. The summed E-state index contributed by atoms with van der Waals surface area (Å²) < 4.78 is 1.06. The highest BCUT2D eigenvalue weighted by molar-refractivity contribution is 7.20. The van der Waals surface area contributed by atoms with Gasteiger partial charge in [0.1, 0.15) is 5.54 Å². The molecule has 2 aromatic carbocycles. The number of hydrogen-bond acceptors (Lipinski definition) is 4. The molecule has 158 valence electrons. The van der Waals surface area contributed by atoms with Crippen LogP contribution in [-0.2, 0) is 4.79 Å². The van der Waals surface area contributed by atoms with Gasteiger partial charge in [0.05, 0.1) is 11.5 Å². The summed E-state index contributed by atoms with van der Waals surface area (Å²) in [5.74, 6) is -0.386. The van der Waals surface area contributed by atoms with Crippen LogP contribution >= 0.6 is 11.3 Å². The predicted octanol–water partition coefficient (Wildman–Crippen LogP) is 4.13. The van der Waals surface area contributed by atoms with Crippen LogP contribution in [0.25, 0.3) is 10.1 Å². The lowest BCUT2D eigenvalue weighted by Crippen LogP contribution is -2.59. The summed E-state index contributed by atoms with van der Waals surface area (Å²) in [5.41, 5.74) is -0.860. The predicted molar refractivity (Wildman–Crippen MR) is 122 cm³/mol. The van der Waals surface area contributed by atoms with Gasteiger partial charge in [0, 0.05) is 11.2 Å². The monoisotopic (exact) mass is 424 g/mol. The maximum absolute atomic E-state index is 12.7. The fourth-order valence-electron chi connectivity index (χ4n) is 3.66. The molecule has 5 nitrogen and oxygen atoms in total. The summed E-state index contributed by atoms with van der Waals surface area (Å²) in [6, 6.07) is 21.7. The lowest BCUT2D eigenvalue weighted by Gasteiger charge is -2.36. The van der Waals surface area contributed by atoms with E-state index in [4.69, 9.17) is 5.11 Å². The number of thiophene rings is 1. The number of fused-ring (bicyclic) bond motifs is 1. The molecule has 1 fully saturated rings. The highest BCUT2D eigenvalue weighted by Crippen LogP contribution is 2.30. The van der Waals surface area contributed by atoms with Crippen LogP contribution in [0.4, 0.5) is 0 Å². The van der Waals surface area contributed by atoms with Crippen molar-refractivity contribution in [3.05, 3.63) is 71.6 Å². The van der Waals surface area contributed by atoms with Crippen LogP contribution < -0.4 is 10.6 Å². The first-order chi connectivity index (χ1) is 14.6. The van der Waals surface area contributed by atoms with Crippen molar-refractivity contribution in [1.82, 2.24) is 10.6 Å². The molecule has 3 aromatic rings.